The molecule has 208 valence electrons. The van der Waals surface area contributed by atoms with Crippen molar-refractivity contribution < 1.29 is 35.6 Å². The largest absolute Gasteiger partial charge is 0.416 e. The van der Waals surface area contributed by atoms with Crippen LogP contribution >= 0.6 is 0 Å². The molecule has 2 aromatic carbocycles. The van der Waals surface area contributed by atoms with Crippen molar-refractivity contribution >= 4 is 21.7 Å². The molecule has 1 amide bonds. The molecule has 2 N–H and O–H groups in total. The van der Waals surface area contributed by atoms with E-state index in [1.165, 1.54) is 22.8 Å². The van der Waals surface area contributed by atoms with Crippen molar-refractivity contribution in [2.75, 3.05) is 32.7 Å². The molecule has 39 heavy (non-hydrogen) atoms. The molecule has 1 aliphatic heterocycles. The first-order chi connectivity index (χ1) is 18.3. The molecule has 3 aromatic rings. The summed E-state index contributed by atoms with van der Waals surface area (Å²) in [5.74, 6) is -1.58. The first-order valence-corrected chi connectivity index (χ1v) is 13.4. The third-order valence-electron chi connectivity index (χ3n) is 6.70. The van der Waals surface area contributed by atoms with Gasteiger partial charge >= 0.3 is 6.18 Å². The molecule has 13 heteroatoms. The van der Waals surface area contributed by atoms with Crippen LogP contribution in [0.25, 0.3) is 0 Å². The number of sulfonamides is 1. The Hall–Kier alpha value is -3.55. The van der Waals surface area contributed by atoms with E-state index in [1.807, 2.05) is 0 Å². The molecule has 1 aromatic heterocycles. The second kappa shape index (κ2) is 10.9. The van der Waals surface area contributed by atoms with Gasteiger partial charge in [0.25, 0.3) is 5.91 Å². The Morgan fingerprint density at radius 1 is 0.974 bits per heavy atom. The number of rotatable bonds is 8. The van der Waals surface area contributed by atoms with Crippen LogP contribution in [-0.2, 0) is 22.7 Å². The Morgan fingerprint density at radius 2 is 1.64 bits per heavy atom. The predicted octanol–water partition coefficient (Wildman–Crippen LogP) is 3.29. The number of ketones is 1. The van der Waals surface area contributed by atoms with Crippen LogP contribution in [-0.4, -0.2) is 66.6 Å². The van der Waals surface area contributed by atoms with Crippen molar-refractivity contribution in [1.29, 1.82) is 0 Å². The van der Waals surface area contributed by atoms with Gasteiger partial charge < -0.3 is 10.3 Å². The van der Waals surface area contributed by atoms with Crippen LogP contribution in [0.4, 0.5) is 17.6 Å². The number of nitrogens with zero attached hydrogens (tertiary/aromatic N) is 3. The smallest absolute Gasteiger partial charge is 0.366 e. The number of piperazine rings is 1. The molecule has 0 unspecified atom stereocenters. The lowest BCUT2D eigenvalue weighted by molar-refractivity contribution is -0.137. The quantitative estimate of drug-likeness (QED) is 0.333. The molecule has 0 aliphatic carbocycles. The van der Waals surface area contributed by atoms with Crippen LogP contribution in [0.1, 0.15) is 37.7 Å². The number of benzene rings is 2. The first-order valence-electron chi connectivity index (χ1n) is 12.0. The number of alkyl halides is 3. The first kappa shape index (κ1) is 28.5. The molecule has 1 aliphatic rings. The molecule has 1 saturated heterocycles. The van der Waals surface area contributed by atoms with E-state index in [-0.39, 0.29) is 56.3 Å². The highest BCUT2D eigenvalue weighted by molar-refractivity contribution is 7.89. The summed E-state index contributed by atoms with van der Waals surface area (Å²) in [5, 5.41) is 0. The van der Waals surface area contributed by atoms with E-state index in [0.717, 1.165) is 22.5 Å². The van der Waals surface area contributed by atoms with E-state index in [9.17, 15) is 35.6 Å². The van der Waals surface area contributed by atoms with Crippen LogP contribution in [0, 0.1) is 12.7 Å². The molecule has 0 atom stereocenters. The number of halogens is 4. The van der Waals surface area contributed by atoms with E-state index in [1.54, 1.807) is 24.0 Å². The molecule has 0 spiro atoms. The summed E-state index contributed by atoms with van der Waals surface area (Å²) in [6.45, 7) is 1.72. The average molecular weight is 567 g/mol. The van der Waals surface area contributed by atoms with Gasteiger partial charge in [-0.25, -0.2) is 12.8 Å². The monoisotopic (exact) mass is 566 g/mol. The number of primary amides is 1. The molecule has 2 heterocycles. The average Bonchev–Trinajstić information content (AvgIpc) is 3.21. The number of Topliss-reactive ketones (excluding diaryl/α,β-unsaturated/α-hetero) is 1. The SMILES string of the molecule is Cc1c(C(N)=O)cc(C(=O)CN2CCN(S(=O)(=O)c3cccc(C(F)(F)F)c3)CC2)n1Cc1ccccc1F. The van der Waals surface area contributed by atoms with Gasteiger partial charge in [0, 0.05) is 37.4 Å². The molecule has 0 saturated carbocycles. The maximum Gasteiger partial charge on any atom is 0.416 e. The van der Waals surface area contributed by atoms with Crippen LogP contribution in [0.5, 0.6) is 0 Å². The third kappa shape index (κ3) is 6.05. The predicted molar refractivity (Wildman–Crippen MR) is 134 cm³/mol. The minimum Gasteiger partial charge on any atom is -0.366 e. The molecule has 0 radical (unpaired) electrons. The number of aromatic nitrogens is 1. The summed E-state index contributed by atoms with van der Waals surface area (Å²) >= 11 is 0. The van der Waals surface area contributed by atoms with Gasteiger partial charge in [-0.15, -0.1) is 0 Å². The van der Waals surface area contributed by atoms with Crippen LogP contribution < -0.4 is 5.73 Å². The maximum absolute atomic E-state index is 14.3. The lowest BCUT2D eigenvalue weighted by Crippen LogP contribution is -2.49. The summed E-state index contributed by atoms with van der Waals surface area (Å²) in [6, 6.07) is 11.0. The van der Waals surface area contributed by atoms with Crippen molar-refractivity contribution in [2.24, 2.45) is 5.73 Å². The van der Waals surface area contributed by atoms with Crippen LogP contribution in [0.15, 0.2) is 59.5 Å². The van der Waals surface area contributed by atoms with Crippen molar-refractivity contribution in [3.05, 3.63) is 88.5 Å². The highest BCUT2D eigenvalue weighted by Gasteiger charge is 2.34. The number of amides is 1. The topological polar surface area (TPSA) is 106 Å². The molecular formula is C26H26F4N4O4S. The Bertz CT molecular complexity index is 1510. The van der Waals surface area contributed by atoms with Crippen molar-refractivity contribution in [1.82, 2.24) is 13.8 Å². The minimum atomic E-state index is -4.68. The number of hydrogen-bond acceptors (Lipinski definition) is 5. The zero-order chi connectivity index (χ0) is 28.5. The molecule has 0 bridgehead atoms. The van der Waals surface area contributed by atoms with Crippen molar-refractivity contribution in [3.8, 4) is 0 Å². The zero-order valence-electron chi connectivity index (χ0n) is 20.9. The molecular weight excluding hydrogens is 540 g/mol. The Kier molecular flexibility index (Phi) is 7.96. The van der Waals surface area contributed by atoms with Gasteiger partial charge in [0.15, 0.2) is 5.78 Å². The summed E-state index contributed by atoms with van der Waals surface area (Å²) in [7, 11) is -4.18. The summed E-state index contributed by atoms with van der Waals surface area (Å²) in [6.07, 6.45) is -4.68. The highest BCUT2D eigenvalue weighted by atomic mass is 32.2. The van der Waals surface area contributed by atoms with Gasteiger partial charge in [-0.3, -0.25) is 14.5 Å². The van der Waals surface area contributed by atoms with Gasteiger partial charge in [-0.2, -0.15) is 17.5 Å². The fraction of sp³-hybridized carbons (Fsp3) is 0.308. The van der Waals surface area contributed by atoms with E-state index in [0.29, 0.717) is 17.3 Å². The van der Waals surface area contributed by atoms with Crippen molar-refractivity contribution in [2.45, 2.75) is 24.5 Å². The number of hydrogen-bond donors (Lipinski definition) is 1. The molecule has 1 fully saturated rings. The Labute approximate surface area is 222 Å². The van der Waals surface area contributed by atoms with Gasteiger partial charge in [0.1, 0.15) is 5.82 Å². The molecule has 4 rings (SSSR count). The Balaban J connectivity index is 1.48. The fourth-order valence-corrected chi connectivity index (χ4v) is 5.99. The second-order valence-electron chi connectivity index (χ2n) is 9.20. The molecule has 8 nitrogen and oxygen atoms in total. The second-order valence-corrected chi connectivity index (χ2v) is 11.1. The van der Waals surface area contributed by atoms with Crippen LogP contribution in [0.3, 0.4) is 0 Å². The van der Waals surface area contributed by atoms with E-state index >= 15 is 0 Å². The summed E-state index contributed by atoms with van der Waals surface area (Å²) < 4.78 is 82.0. The minimum absolute atomic E-state index is 0.00410. The normalized spacial score (nSPS) is 15.4. The lowest BCUT2D eigenvalue weighted by Gasteiger charge is -2.33. The number of nitrogens with two attached hydrogens (primary N) is 1. The van der Waals surface area contributed by atoms with E-state index in [2.05, 4.69) is 0 Å². The van der Waals surface area contributed by atoms with Gasteiger partial charge in [0.2, 0.25) is 10.0 Å². The maximum atomic E-state index is 14.3. The van der Waals surface area contributed by atoms with Gasteiger partial charge in [0.05, 0.1) is 34.8 Å². The Morgan fingerprint density at radius 3 is 2.26 bits per heavy atom. The van der Waals surface area contributed by atoms with Crippen molar-refractivity contribution in [3.63, 3.8) is 0 Å². The van der Waals surface area contributed by atoms with E-state index in [4.69, 9.17) is 5.73 Å². The number of carbonyl (C=O) groups is 2. The third-order valence-corrected chi connectivity index (χ3v) is 8.60. The number of carbonyl (C=O) groups excluding carboxylic acids is 2. The summed E-state index contributed by atoms with van der Waals surface area (Å²) in [4.78, 5) is 26.5. The van der Waals surface area contributed by atoms with Crippen LogP contribution in [0.2, 0.25) is 0 Å². The lowest BCUT2D eigenvalue weighted by atomic mass is 10.2. The van der Waals surface area contributed by atoms with Gasteiger partial charge in [-0.1, -0.05) is 24.3 Å². The summed E-state index contributed by atoms with van der Waals surface area (Å²) in [5.41, 5.74) is 5.42. The highest BCUT2D eigenvalue weighted by Crippen LogP contribution is 2.31. The van der Waals surface area contributed by atoms with Gasteiger partial charge in [-0.05, 0) is 37.3 Å². The zero-order valence-corrected chi connectivity index (χ0v) is 21.7. The van der Waals surface area contributed by atoms with E-state index < -0.39 is 38.4 Å². The standard InChI is InChI=1S/C26H26F4N4O4S/c1-17-21(25(31)36)14-23(34(17)15-18-5-2-3-8-22(18)27)24(35)16-32-9-11-33(12-10-32)39(37,38)20-7-4-6-19(13-20)26(28,29)30/h2-8,13-14H,9-12,15-16H2,1H3,(H2,31,36). The fourth-order valence-electron chi connectivity index (χ4n) is 4.52.